The van der Waals surface area contributed by atoms with Crippen LogP contribution in [0.15, 0.2) is 66.4 Å². The topological polar surface area (TPSA) is 244 Å². The maximum Gasteiger partial charge on any atom is 0.319 e. The number of amides is 2. The van der Waals surface area contributed by atoms with Crippen molar-refractivity contribution in [3.63, 3.8) is 0 Å². The predicted molar refractivity (Wildman–Crippen MR) is 314 cm³/mol. The number of ether oxygens (including phenoxy) is 4. The van der Waals surface area contributed by atoms with Gasteiger partial charge >= 0.3 is 6.01 Å². The molecule has 13 rings (SSSR count). The number of hydrogen-bond donors (Lipinski definition) is 6. The molecule has 438 valence electrons. The van der Waals surface area contributed by atoms with E-state index in [1.807, 2.05) is 36.7 Å². The number of carbonyl (C=O) groups is 2. The standard InChI is InChI=1S/C57H60F2N12O6S.C3H8.CH4O/c1-29-39(58)20-42-38(23-65-68-42)47(29)49-48(32-9-10-32)52-50-51(66-57(77-37-13-16-74-17-14-37)67-55(50)71-36-19-43(62-22-36)45(71)27-76-52)53(49)75-26-35-12-11-34(18-40(35)59)41(60)24-69(61)25-46(72)70-15-3-4-44(70)56(73)63-21-31-5-7-33(8-6-31)54-30(2)64-28-78-54;1-3-2;1-2/h5-8,11-12,18,20,23-24,28,32,36-37,43-45,62H,3-4,9-10,13-17,19,21-22,25-27,60-61H2,1-2H3,(H,63,73)(H,65,68);3H2,1-2H3;2H,1H3/b41-24-;;. The lowest BCUT2D eigenvalue weighted by Crippen LogP contribution is -2.53. The van der Waals surface area contributed by atoms with E-state index < -0.39 is 17.7 Å². The minimum atomic E-state index is -0.645. The number of aliphatic hydroxyl groups excluding tert-OH is 1. The Morgan fingerprint density at radius 2 is 1.80 bits per heavy atom. The minimum absolute atomic E-state index is 0.0153. The molecule has 4 saturated heterocycles. The molecule has 7 aromatic rings. The highest BCUT2D eigenvalue weighted by Crippen LogP contribution is 2.59. The number of piperazine rings is 1. The van der Waals surface area contributed by atoms with Gasteiger partial charge in [-0.25, -0.2) is 19.6 Å². The number of nitrogens with zero attached hydrogens (tertiary/aromatic N) is 7. The Kier molecular flexibility index (Phi) is 17.1. The molecule has 6 aliphatic rings. The molecular formula is C61H72F2N12O7S. The summed E-state index contributed by atoms with van der Waals surface area (Å²) in [5.74, 6) is 6.48. The van der Waals surface area contributed by atoms with Gasteiger partial charge in [-0.05, 0) is 80.7 Å². The van der Waals surface area contributed by atoms with Crippen LogP contribution >= 0.6 is 11.3 Å². The lowest BCUT2D eigenvalue weighted by atomic mass is 9.88. The van der Waals surface area contributed by atoms with Gasteiger partial charge in [-0.3, -0.25) is 14.7 Å². The second-order valence-corrected chi connectivity index (χ2v) is 22.9. The molecule has 2 bridgehead atoms. The lowest BCUT2D eigenvalue weighted by Gasteiger charge is -2.35. The number of halogens is 2. The number of carbonyl (C=O) groups excluding carboxylic acids is 2. The molecule has 1 saturated carbocycles. The van der Waals surface area contributed by atoms with Gasteiger partial charge in [0.2, 0.25) is 11.8 Å². The Morgan fingerprint density at radius 1 is 1.01 bits per heavy atom. The molecule has 0 radical (unpaired) electrons. The van der Waals surface area contributed by atoms with Gasteiger partial charge in [-0.2, -0.15) is 15.1 Å². The number of rotatable bonds is 15. The van der Waals surface area contributed by atoms with Gasteiger partial charge in [0.1, 0.15) is 60.6 Å². The van der Waals surface area contributed by atoms with Crippen LogP contribution in [0.3, 0.4) is 0 Å². The maximum atomic E-state index is 16.6. The molecule has 1 aliphatic carbocycles. The molecule has 83 heavy (non-hydrogen) atoms. The monoisotopic (exact) mass is 1150 g/mol. The van der Waals surface area contributed by atoms with Gasteiger partial charge in [0.15, 0.2) is 5.75 Å². The summed E-state index contributed by atoms with van der Waals surface area (Å²) in [6, 6.07) is 13.9. The Morgan fingerprint density at radius 3 is 2.53 bits per heavy atom. The first-order valence-corrected chi connectivity index (χ1v) is 29.6. The second kappa shape index (κ2) is 24.8. The largest absolute Gasteiger partial charge is 0.490 e. The first-order valence-electron chi connectivity index (χ1n) is 28.7. The fourth-order valence-corrected chi connectivity index (χ4v) is 13.0. The third-order valence-corrected chi connectivity index (χ3v) is 17.3. The van der Waals surface area contributed by atoms with E-state index in [0.717, 1.165) is 65.2 Å². The van der Waals surface area contributed by atoms with Crippen LogP contribution in [0, 0.1) is 25.5 Å². The molecule has 19 nitrogen and oxygen atoms in total. The van der Waals surface area contributed by atoms with Crippen molar-refractivity contribution in [2.24, 2.45) is 11.6 Å². The van der Waals surface area contributed by atoms with E-state index in [1.54, 1.807) is 41.5 Å². The summed E-state index contributed by atoms with van der Waals surface area (Å²) in [6.07, 6.45) is 9.35. The summed E-state index contributed by atoms with van der Waals surface area (Å²) < 4.78 is 59.2. The van der Waals surface area contributed by atoms with Crippen LogP contribution < -0.4 is 41.3 Å². The number of likely N-dealkylation sites (tertiary alicyclic amines) is 1. The number of aliphatic hydroxyl groups is 1. The van der Waals surface area contributed by atoms with Gasteiger partial charge in [0, 0.05) is 91.1 Å². The van der Waals surface area contributed by atoms with Gasteiger partial charge in [0.25, 0.3) is 0 Å². The fourth-order valence-electron chi connectivity index (χ4n) is 12.2. The quantitative estimate of drug-likeness (QED) is 0.0418. The number of aryl methyl sites for hydroxylation is 1. The highest BCUT2D eigenvalue weighted by molar-refractivity contribution is 7.13. The normalized spacial score (nSPS) is 20.0. The highest BCUT2D eigenvalue weighted by atomic mass is 32.1. The zero-order valence-electron chi connectivity index (χ0n) is 47.5. The van der Waals surface area contributed by atoms with Crippen LogP contribution in [-0.4, -0.2) is 129 Å². The van der Waals surface area contributed by atoms with Crippen LogP contribution in [0.25, 0.3) is 49.1 Å². The van der Waals surface area contributed by atoms with Crippen LogP contribution in [0.1, 0.15) is 105 Å². The first kappa shape index (κ1) is 57.3. The van der Waals surface area contributed by atoms with E-state index in [0.29, 0.717) is 120 Å². The van der Waals surface area contributed by atoms with Crippen molar-refractivity contribution in [3.8, 4) is 39.1 Å². The molecule has 8 heterocycles. The molecule has 0 spiro atoms. The number of thiazole rings is 1. The van der Waals surface area contributed by atoms with Crippen LogP contribution in [-0.2, 0) is 27.5 Å². The van der Waals surface area contributed by atoms with Crippen molar-refractivity contribution < 1.29 is 42.4 Å². The van der Waals surface area contributed by atoms with Crippen LogP contribution in [0.5, 0.6) is 17.5 Å². The predicted octanol–water partition coefficient (Wildman–Crippen LogP) is 8.28. The molecule has 5 aliphatic heterocycles. The van der Waals surface area contributed by atoms with Gasteiger partial charge in [-0.1, -0.05) is 56.7 Å². The average Bonchev–Trinajstić information content (AvgIpc) is 3.72. The number of benzene rings is 4. The summed E-state index contributed by atoms with van der Waals surface area (Å²) in [6.45, 7) is 10.5. The van der Waals surface area contributed by atoms with E-state index in [1.165, 1.54) is 24.8 Å². The Bertz CT molecular complexity index is 3550. The molecule has 3 aromatic heterocycles. The number of nitrogens with one attached hydrogen (secondary N) is 3. The molecule has 4 aromatic carbocycles. The molecule has 2 amide bonds. The number of aromatic nitrogens is 5. The number of aromatic amines is 1. The number of nitrogens with two attached hydrogens (primary N) is 2. The number of H-pyrrole nitrogens is 1. The zero-order chi connectivity index (χ0) is 58.1. The second-order valence-electron chi connectivity index (χ2n) is 22.1. The Hall–Kier alpha value is -7.50. The minimum Gasteiger partial charge on any atom is -0.490 e. The third kappa shape index (κ3) is 11.5. The Labute approximate surface area is 484 Å². The van der Waals surface area contributed by atoms with Crippen LogP contribution in [0.4, 0.5) is 14.6 Å². The zero-order valence-corrected chi connectivity index (χ0v) is 48.3. The number of hydrogen-bond acceptors (Lipinski definition) is 17. The van der Waals surface area contributed by atoms with E-state index in [4.69, 9.17) is 45.6 Å². The molecule has 8 N–H and O–H groups in total. The molecule has 22 heteroatoms. The summed E-state index contributed by atoms with van der Waals surface area (Å²) in [5, 5.41) is 23.5. The third-order valence-electron chi connectivity index (χ3n) is 16.4. The first-order chi connectivity index (χ1) is 40.4. The van der Waals surface area contributed by atoms with E-state index >= 15 is 8.78 Å². The number of anilines is 1. The van der Waals surface area contributed by atoms with Gasteiger partial charge in [-0.15, -0.1) is 11.3 Å². The lowest BCUT2D eigenvalue weighted by molar-refractivity contribution is -0.139. The maximum absolute atomic E-state index is 16.6. The summed E-state index contributed by atoms with van der Waals surface area (Å²) in [5.41, 5.74) is 15.4. The van der Waals surface area contributed by atoms with Gasteiger partial charge < -0.3 is 55.2 Å². The summed E-state index contributed by atoms with van der Waals surface area (Å²) >= 11 is 1.58. The molecular weight excluding hydrogens is 1080 g/mol. The average molecular weight is 1160 g/mol. The van der Waals surface area contributed by atoms with E-state index in [-0.39, 0.29) is 72.4 Å². The molecule has 5 fully saturated rings. The van der Waals surface area contributed by atoms with Crippen LogP contribution in [0.2, 0.25) is 0 Å². The molecule has 4 unspecified atom stereocenters. The van der Waals surface area contributed by atoms with Crippen molar-refractivity contribution in [2.75, 3.05) is 51.5 Å². The van der Waals surface area contributed by atoms with Crippen molar-refractivity contribution >= 4 is 56.5 Å². The highest BCUT2D eigenvalue weighted by Gasteiger charge is 2.50. The number of fused-ring (bicyclic) bond motifs is 7. The van der Waals surface area contributed by atoms with Crippen molar-refractivity contribution in [3.05, 3.63) is 112 Å². The smallest absolute Gasteiger partial charge is 0.319 e. The number of hydrazine groups is 1. The van der Waals surface area contributed by atoms with E-state index in [2.05, 4.69) is 44.6 Å². The fraction of sp³-hybridized carbons (Fsp3) is 0.443. The SMILES string of the molecule is CCC.CO.Cc1ncsc1-c1ccc(CNC(=O)C2CCCN2C(=O)CN(N)/C=C(\N)c2ccc(COc3c(-c4c(C)c(F)cc5[nH]ncc45)c(C4CC4)c4c5c(nc(OC6CCOCC6)nc35)N3C5CNC(C5)C3CO4)c(F)c2)cc1. The van der Waals surface area contributed by atoms with Crippen molar-refractivity contribution in [1.29, 1.82) is 0 Å². The van der Waals surface area contributed by atoms with Crippen molar-refractivity contribution in [2.45, 2.75) is 128 Å². The Balaban J connectivity index is 0.00000140. The summed E-state index contributed by atoms with van der Waals surface area (Å²) in [4.78, 5) is 46.9. The molecule has 4 atom stereocenters. The summed E-state index contributed by atoms with van der Waals surface area (Å²) in [7, 11) is 1.00. The van der Waals surface area contributed by atoms with Gasteiger partial charge in [0.05, 0.1) is 58.1 Å². The van der Waals surface area contributed by atoms with Crippen molar-refractivity contribution in [1.82, 2.24) is 45.7 Å². The van der Waals surface area contributed by atoms with E-state index in [9.17, 15) is 9.59 Å².